The zero-order valence-electron chi connectivity index (χ0n) is 20.0. The van der Waals surface area contributed by atoms with E-state index in [-0.39, 0.29) is 30.4 Å². The van der Waals surface area contributed by atoms with Gasteiger partial charge in [-0.15, -0.1) is 0 Å². The zero-order valence-corrected chi connectivity index (χ0v) is 20.0. The smallest absolute Gasteiger partial charge is 0.262 e. The molecule has 0 spiro atoms. The molecule has 6 nitrogen and oxygen atoms in total. The van der Waals surface area contributed by atoms with Crippen molar-refractivity contribution in [2.75, 3.05) is 30.0 Å². The summed E-state index contributed by atoms with van der Waals surface area (Å²) in [6.45, 7) is 13.1. The minimum absolute atomic E-state index is 0.0424. The summed E-state index contributed by atoms with van der Waals surface area (Å²) in [7, 11) is 0. The normalized spacial score (nSPS) is 15.4. The number of carbonyl (C=O) groups is 2. The topological polar surface area (TPSA) is 67.9 Å². The highest BCUT2D eigenvalue weighted by molar-refractivity contribution is 6.00. The number of hydrogen-bond acceptors (Lipinski definition) is 4. The van der Waals surface area contributed by atoms with Crippen LogP contribution >= 0.6 is 0 Å². The summed E-state index contributed by atoms with van der Waals surface area (Å²) in [5.74, 6) is 1.02. The van der Waals surface area contributed by atoms with Crippen LogP contribution in [0.25, 0.3) is 0 Å². The van der Waals surface area contributed by atoms with Crippen LogP contribution in [0.3, 0.4) is 0 Å². The van der Waals surface area contributed by atoms with E-state index in [2.05, 4.69) is 26.1 Å². The van der Waals surface area contributed by atoms with E-state index in [0.717, 1.165) is 12.1 Å². The van der Waals surface area contributed by atoms with Gasteiger partial charge in [-0.05, 0) is 55.5 Å². The number of anilines is 2. The zero-order chi connectivity index (χ0) is 23.5. The van der Waals surface area contributed by atoms with Crippen LogP contribution in [0.1, 0.15) is 53.5 Å². The Morgan fingerprint density at radius 2 is 1.84 bits per heavy atom. The molecule has 172 valence electrons. The molecule has 0 atom stereocenters. The maximum atomic E-state index is 12.9. The van der Waals surface area contributed by atoms with Crippen LogP contribution in [0.15, 0.2) is 42.5 Å². The highest BCUT2D eigenvalue weighted by Gasteiger charge is 2.37. The number of hydrogen-bond donors (Lipinski definition) is 1. The number of nitrogens with one attached hydrogen (secondary N) is 1. The van der Waals surface area contributed by atoms with Crippen molar-refractivity contribution >= 4 is 23.2 Å². The average molecular weight is 439 g/mol. The molecule has 1 aliphatic heterocycles. The van der Waals surface area contributed by atoms with E-state index >= 15 is 0 Å². The van der Waals surface area contributed by atoms with Crippen molar-refractivity contribution in [2.45, 2.75) is 53.4 Å². The van der Waals surface area contributed by atoms with Gasteiger partial charge in [0.1, 0.15) is 18.1 Å². The van der Waals surface area contributed by atoms with Gasteiger partial charge in [-0.25, -0.2) is 0 Å². The lowest BCUT2D eigenvalue weighted by Crippen LogP contribution is -2.42. The first kappa shape index (κ1) is 23.6. The monoisotopic (exact) mass is 438 g/mol. The summed E-state index contributed by atoms with van der Waals surface area (Å²) in [6.07, 6.45) is 0.841. The van der Waals surface area contributed by atoms with E-state index in [4.69, 9.17) is 9.47 Å². The SMILES string of the molecule is CCCN1C(=O)C(C)(C)COc2cc(NC(=O)COc3ccc(C(C)(C)C)cc3)ccc21. The first-order chi connectivity index (χ1) is 15.0. The number of ether oxygens (including phenoxy) is 2. The maximum Gasteiger partial charge on any atom is 0.262 e. The third-order valence-electron chi connectivity index (χ3n) is 5.48. The molecular weight excluding hydrogens is 404 g/mol. The van der Waals surface area contributed by atoms with Crippen LogP contribution in [0.2, 0.25) is 0 Å². The summed E-state index contributed by atoms with van der Waals surface area (Å²) in [4.78, 5) is 27.1. The molecule has 32 heavy (non-hydrogen) atoms. The first-order valence-electron chi connectivity index (χ1n) is 11.1. The van der Waals surface area contributed by atoms with Gasteiger partial charge >= 0.3 is 0 Å². The molecule has 1 aliphatic rings. The van der Waals surface area contributed by atoms with Crippen molar-refractivity contribution in [1.29, 1.82) is 0 Å². The molecule has 0 bridgehead atoms. The molecule has 2 aromatic carbocycles. The average Bonchev–Trinajstić information content (AvgIpc) is 2.82. The van der Waals surface area contributed by atoms with Gasteiger partial charge < -0.3 is 19.7 Å². The molecule has 0 saturated heterocycles. The third kappa shape index (κ3) is 5.42. The summed E-state index contributed by atoms with van der Waals surface area (Å²) < 4.78 is 11.6. The number of fused-ring (bicyclic) bond motifs is 1. The highest BCUT2D eigenvalue weighted by Crippen LogP contribution is 2.38. The van der Waals surface area contributed by atoms with Crippen molar-refractivity contribution in [2.24, 2.45) is 5.41 Å². The molecule has 1 heterocycles. The lowest BCUT2D eigenvalue weighted by Gasteiger charge is -2.27. The third-order valence-corrected chi connectivity index (χ3v) is 5.48. The van der Waals surface area contributed by atoms with Crippen LogP contribution in [-0.2, 0) is 15.0 Å². The first-order valence-corrected chi connectivity index (χ1v) is 11.1. The molecule has 2 amide bonds. The van der Waals surface area contributed by atoms with E-state index in [0.29, 0.717) is 23.7 Å². The Labute approximate surface area is 190 Å². The molecule has 0 saturated carbocycles. The molecule has 1 N–H and O–H groups in total. The van der Waals surface area contributed by atoms with Gasteiger partial charge in [0.2, 0.25) is 5.91 Å². The fourth-order valence-corrected chi connectivity index (χ4v) is 3.57. The fraction of sp³-hybridized carbons (Fsp3) is 0.462. The Bertz CT molecular complexity index is 974. The van der Waals surface area contributed by atoms with Crippen molar-refractivity contribution < 1.29 is 19.1 Å². The maximum absolute atomic E-state index is 12.9. The van der Waals surface area contributed by atoms with E-state index in [1.165, 1.54) is 5.56 Å². The van der Waals surface area contributed by atoms with Crippen LogP contribution in [0.4, 0.5) is 11.4 Å². The molecule has 0 fully saturated rings. The predicted octanol–water partition coefficient (Wildman–Crippen LogP) is 5.16. The molecule has 0 aromatic heterocycles. The Morgan fingerprint density at radius 3 is 2.47 bits per heavy atom. The van der Waals surface area contributed by atoms with E-state index in [1.807, 2.05) is 51.1 Å². The van der Waals surface area contributed by atoms with Crippen LogP contribution in [-0.4, -0.2) is 31.6 Å². The highest BCUT2D eigenvalue weighted by atomic mass is 16.5. The van der Waals surface area contributed by atoms with Gasteiger partial charge in [0.15, 0.2) is 6.61 Å². The Hall–Kier alpha value is -3.02. The van der Waals surface area contributed by atoms with E-state index in [1.54, 1.807) is 17.0 Å². The van der Waals surface area contributed by atoms with Crippen molar-refractivity contribution in [3.05, 3.63) is 48.0 Å². The van der Waals surface area contributed by atoms with Crippen molar-refractivity contribution in [3.63, 3.8) is 0 Å². The number of nitrogens with zero attached hydrogens (tertiary/aromatic N) is 1. The quantitative estimate of drug-likeness (QED) is 0.676. The second-order valence-electron chi connectivity index (χ2n) is 9.92. The van der Waals surface area contributed by atoms with Gasteiger partial charge in [-0.2, -0.15) is 0 Å². The van der Waals surface area contributed by atoms with Crippen LogP contribution in [0, 0.1) is 5.41 Å². The second-order valence-corrected chi connectivity index (χ2v) is 9.92. The fourth-order valence-electron chi connectivity index (χ4n) is 3.57. The lowest BCUT2D eigenvalue weighted by molar-refractivity contribution is -0.127. The van der Waals surface area contributed by atoms with Crippen molar-refractivity contribution in [3.8, 4) is 11.5 Å². The Morgan fingerprint density at radius 1 is 1.16 bits per heavy atom. The molecule has 0 unspecified atom stereocenters. The van der Waals surface area contributed by atoms with Crippen molar-refractivity contribution in [1.82, 2.24) is 0 Å². The van der Waals surface area contributed by atoms with Gasteiger partial charge in [0.25, 0.3) is 5.91 Å². The van der Waals surface area contributed by atoms with E-state index < -0.39 is 5.41 Å². The van der Waals surface area contributed by atoms with E-state index in [9.17, 15) is 9.59 Å². The van der Waals surface area contributed by atoms with Gasteiger partial charge in [-0.1, -0.05) is 39.8 Å². The van der Waals surface area contributed by atoms with Gasteiger partial charge in [0, 0.05) is 18.3 Å². The number of carbonyl (C=O) groups excluding carboxylic acids is 2. The number of amides is 2. The molecule has 6 heteroatoms. The summed E-state index contributed by atoms with van der Waals surface area (Å²) in [6, 6.07) is 13.2. The summed E-state index contributed by atoms with van der Waals surface area (Å²) in [5, 5.41) is 2.85. The second kappa shape index (κ2) is 9.23. The minimum atomic E-state index is -0.617. The van der Waals surface area contributed by atoms with Gasteiger partial charge in [-0.3, -0.25) is 9.59 Å². The Balaban J connectivity index is 1.66. The lowest BCUT2D eigenvalue weighted by atomic mass is 9.87. The summed E-state index contributed by atoms with van der Waals surface area (Å²) >= 11 is 0. The molecular formula is C26H34N2O4. The largest absolute Gasteiger partial charge is 0.490 e. The number of benzene rings is 2. The minimum Gasteiger partial charge on any atom is -0.490 e. The van der Waals surface area contributed by atoms with Crippen LogP contribution in [0.5, 0.6) is 11.5 Å². The van der Waals surface area contributed by atoms with Crippen LogP contribution < -0.4 is 19.7 Å². The molecule has 0 radical (unpaired) electrons. The molecule has 3 rings (SSSR count). The molecule has 0 aliphatic carbocycles. The molecule has 2 aromatic rings. The Kier molecular flexibility index (Phi) is 6.82. The summed E-state index contributed by atoms with van der Waals surface area (Å²) in [5.41, 5.74) is 1.99. The standard InChI is InChI=1S/C26H34N2O4/c1-7-14-28-21-13-10-19(15-22(21)32-17-26(5,6)24(28)30)27-23(29)16-31-20-11-8-18(9-12-20)25(2,3)4/h8-13,15H,7,14,16-17H2,1-6H3,(H,27,29). The predicted molar refractivity (Wildman–Crippen MR) is 128 cm³/mol. The number of rotatable bonds is 6. The van der Waals surface area contributed by atoms with Gasteiger partial charge in [0.05, 0.1) is 11.1 Å².